The quantitative estimate of drug-likeness (QED) is 0.932. The molecule has 2 fully saturated rings. The molecule has 24 heavy (non-hydrogen) atoms. The average Bonchev–Trinajstić information content (AvgIpc) is 3.29. The van der Waals surface area contributed by atoms with Crippen LogP contribution in [0.15, 0.2) is 24.4 Å². The second-order valence-corrected chi connectivity index (χ2v) is 6.57. The molecule has 1 atom stereocenters. The van der Waals surface area contributed by atoms with Crippen molar-refractivity contribution in [1.29, 1.82) is 0 Å². The van der Waals surface area contributed by atoms with Gasteiger partial charge in [0.25, 0.3) is 0 Å². The smallest absolute Gasteiger partial charge is 0.317 e. The predicted octanol–water partition coefficient (Wildman–Crippen LogP) is 1.80. The molecule has 2 aromatic rings. The Morgan fingerprint density at radius 3 is 2.92 bits per heavy atom. The van der Waals surface area contributed by atoms with Gasteiger partial charge in [-0.1, -0.05) is 6.07 Å². The number of pyridine rings is 1. The molecule has 0 aromatic carbocycles. The Morgan fingerprint density at radius 1 is 1.25 bits per heavy atom. The van der Waals surface area contributed by atoms with Crippen LogP contribution < -0.4 is 5.32 Å². The average molecular weight is 329 g/mol. The Balaban J connectivity index is 1.32. The second-order valence-electron chi connectivity index (χ2n) is 6.57. The Morgan fingerprint density at radius 2 is 2.12 bits per heavy atom. The molecule has 2 amide bonds. The number of fused-ring (bicyclic) bond motifs is 1. The van der Waals surface area contributed by atoms with Crippen molar-refractivity contribution in [1.82, 2.24) is 24.8 Å². The van der Waals surface area contributed by atoms with E-state index in [0.29, 0.717) is 12.5 Å². The molecular formula is C17H23N5O2. The predicted molar refractivity (Wildman–Crippen MR) is 88.9 cm³/mol. The van der Waals surface area contributed by atoms with Gasteiger partial charge in [-0.15, -0.1) is 10.2 Å². The lowest BCUT2D eigenvalue weighted by Gasteiger charge is -2.31. The number of nitrogens with zero attached hydrogens (tertiary/aromatic N) is 4. The summed E-state index contributed by atoms with van der Waals surface area (Å²) in [6, 6.07) is 5.95. The van der Waals surface area contributed by atoms with Gasteiger partial charge in [-0.3, -0.25) is 4.40 Å². The highest BCUT2D eigenvalue weighted by Crippen LogP contribution is 2.27. The van der Waals surface area contributed by atoms with Crippen molar-refractivity contribution in [2.45, 2.75) is 37.7 Å². The number of hydrogen-bond acceptors (Lipinski definition) is 4. The number of amides is 2. The molecule has 0 spiro atoms. The van der Waals surface area contributed by atoms with Crippen LogP contribution in [-0.4, -0.2) is 57.9 Å². The number of aromatic nitrogens is 3. The number of urea groups is 1. The molecule has 1 unspecified atom stereocenters. The number of nitrogens with one attached hydrogen (secondary N) is 1. The zero-order valence-corrected chi connectivity index (χ0v) is 13.7. The highest BCUT2D eigenvalue weighted by atomic mass is 16.5. The Labute approximate surface area is 141 Å². The molecule has 0 aliphatic carbocycles. The molecule has 128 valence electrons. The lowest BCUT2D eigenvalue weighted by atomic mass is 9.96. The maximum Gasteiger partial charge on any atom is 0.317 e. The van der Waals surface area contributed by atoms with E-state index in [1.54, 1.807) is 0 Å². The molecular weight excluding hydrogens is 306 g/mol. The maximum atomic E-state index is 12.3. The molecule has 0 saturated carbocycles. The first-order chi connectivity index (χ1) is 11.8. The third kappa shape index (κ3) is 3.08. The first kappa shape index (κ1) is 15.4. The minimum Gasteiger partial charge on any atom is -0.376 e. The molecule has 0 radical (unpaired) electrons. The van der Waals surface area contributed by atoms with Crippen molar-refractivity contribution >= 4 is 11.7 Å². The van der Waals surface area contributed by atoms with Crippen LogP contribution >= 0.6 is 0 Å². The SMILES string of the molecule is O=C(NCC1CCCO1)N1CCC(c2nnc3ccccn23)CC1. The first-order valence-electron chi connectivity index (χ1n) is 8.75. The van der Waals surface area contributed by atoms with Crippen LogP contribution in [0.1, 0.15) is 37.4 Å². The van der Waals surface area contributed by atoms with Gasteiger partial charge in [-0.2, -0.15) is 0 Å². The van der Waals surface area contributed by atoms with Gasteiger partial charge in [0.05, 0.1) is 6.10 Å². The van der Waals surface area contributed by atoms with Crippen molar-refractivity contribution < 1.29 is 9.53 Å². The molecule has 4 heterocycles. The molecule has 0 bridgehead atoms. The Kier molecular flexibility index (Phi) is 4.34. The fourth-order valence-electron chi connectivity index (χ4n) is 3.60. The van der Waals surface area contributed by atoms with Crippen molar-refractivity contribution in [3.8, 4) is 0 Å². The molecule has 1 N–H and O–H groups in total. The summed E-state index contributed by atoms with van der Waals surface area (Å²) in [6.07, 6.45) is 6.17. The van der Waals surface area contributed by atoms with E-state index in [-0.39, 0.29) is 12.1 Å². The van der Waals surface area contributed by atoms with Gasteiger partial charge in [0.1, 0.15) is 5.82 Å². The summed E-state index contributed by atoms with van der Waals surface area (Å²) >= 11 is 0. The summed E-state index contributed by atoms with van der Waals surface area (Å²) in [4.78, 5) is 14.2. The highest BCUT2D eigenvalue weighted by Gasteiger charge is 2.27. The van der Waals surface area contributed by atoms with Crippen molar-refractivity contribution in [3.05, 3.63) is 30.2 Å². The minimum absolute atomic E-state index is 0.0232. The van der Waals surface area contributed by atoms with Gasteiger partial charge in [-0.25, -0.2) is 4.79 Å². The molecule has 2 saturated heterocycles. The summed E-state index contributed by atoms with van der Waals surface area (Å²) in [6.45, 7) is 2.94. The molecule has 2 aliphatic rings. The number of hydrogen-bond donors (Lipinski definition) is 1. The van der Waals surface area contributed by atoms with Gasteiger partial charge in [0.2, 0.25) is 0 Å². The van der Waals surface area contributed by atoms with Crippen molar-refractivity contribution in [2.24, 2.45) is 0 Å². The van der Waals surface area contributed by atoms with Crippen molar-refractivity contribution in [2.75, 3.05) is 26.2 Å². The third-order valence-electron chi connectivity index (χ3n) is 4.99. The molecule has 2 aliphatic heterocycles. The number of carbonyl (C=O) groups excluding carboxylic acids is 1. The van der Waals surface area contributed by atoms with Crippen LogP contribution in [0.2, 0.25) is 0 Å². The Bertz CT molecular complexity index is 702. The van der Waals surface area contributed by atoms with Gasteiger partial charge >= 0.3 is 6.03 Å². The number of ether oxygens (including phenoxy) is 1. The van der Waals surface area contributed by atoms with Crippen LogP contribution in [0.5, 0.6) is 0 Å². The zero-order chi connectivity index (χ0) is 16.4. The van der Waals surface area contributed by atoms with E-state index in [9.17, 15) is 4.79 Å². The summed E-state index contributed by atoms with van der Waals surface area (Å²) in [5, 5.41) is 11.6. The lowest BCUT2D eigenvalue weighted by Crippen LogP contribution is -2.46. The fourth-order valence-corrected chi connectivity index (χ4v) is 3.60. The van der Waals surface area contributed by atoms with E-state index in [1.165, 1.54) is 0 Å². The minimum atomic E-state index is 0.0232. The fraction of sp³-hybridized carbons (Fsp3) is 0.588. The van der Waals surface area contributed by atoms with Gasteiger partial charge in [-0.05, 0) is 37.8 Å². The van der Waals surface area contributed by atoms with E-state index < -0.39 is 0 Å². The highest BCUT2D eigenvalue weighted by molar-refractivity contribution is 5.74. The van der Waals surface area contributed by atoms with E-state index >= 15 is 0 Å². The second kappa shape index (κ2) is 6.76. The number of likely N-dealkylation sites (tertiary alicyclic amines) is 1. The number of carbonyl (C=O) groups is 1. The lowest BCUT2D eigenvalue weighted by molar-refractivity contribution is 0.108. The summed E-state index contributed by atoms with van der Waals surface area (Å²) in [5.74, 6) is 1.36. The summed E-state index contributed by atoms with van der Waals surface area (Å²) in [7, 11) is 0. The third-order valence-corrected chi connectivity index (χ3v) is 4.99. The molecule has 7 nitrogen and oxygen atoms in total. The molecule has 7 heteroatoms. The van der Waals surface area contributed by atoms with Crippen molar-refractivity contribution in [3.63, 3.8) is 0 Å². The van der Waals surface area contributed by atoms with Gasteiger partial charge < -0.3 is 15.0 Å². The zero-order valence-electron chi connectivity index (χ0n) is 13.7. The number of piperidine rings is 1. The monoisotopic (exact) mass is 329 g/mol. The maximum absolute atomic E-state index is 12.3. The van der Waals surface area contributed by atoms with Crippen LogP contribution in [0, 0.1) is 0 Å². The van der Waals surface area contributed by atoms with E-state index in [2.05, 4.69) is 19.9 Å². The van der Waals surface area contributed by atoms with Crippen LogP contribution in [0.25, 0.3) is 5.65 Å². The standard InChI is InChI=1S/C17H23N5O2/c23-17(18-12-14-4-3-11-24-14)21-9-6-13(7-10-21)16-20-19-15-5-1-2-8-22(15)16/h1-2,5,8,13-14H,3-4,6-7,9-12H2,(H,18,23). The van der Waals surface area contributed by atoms with E-state index in [0.717, 1.165) is 56.9 Å². The van der Waals surface area contributed by atoms with E-state index in [1.807, 2.05) is 29.3 Å². The molecule has 2 aromatic heterocycles. The number of rotatable bonds is 3. The topological polar surface area (TPSA) is 71.8 Å². The molecule has 4 rings (SSSR count). The van der Waals surface area contributed by atoms with Crippen LogP contribution in [0.3, 0.4) is 0 Å². The van der Waals surface area contributed by atoms with Gasteiger partial charge in [0.15, 0.2) is 5.65 Å². The summed E-state index contributed by atoms with van der Waals surface area (Å²) in [5.41, 5.74) is 0.879. The van der Waals surface area contributed by atoms with Crippen LogP contribution in [-0.2, 0) is 4.74 Å². The largest absolute Gasteiger partial charge is 0.376 e. The van der Waals surface area contributed by atoms with E-state index in [4.69, 9.17) is 4.74 Å². The van der Waals surface area contributed by atoms with Crippen LogP contribution in [0.4, 0.5) is 4.79 Å². The summed E-state index contributed by atoms with van der Waals surface area (Å²) < 4.78 is 7.60. The first-order valence-corrected chi connectivity index (χ1v) is 8.75. The Hall–Kier alpha value is -2.15. The van der Waals surface area contributed by atoms with Gasteiger partial charge in [0, 0.05) is 38.4 Å². The normalized spacial score (nSPS) is 22.2.